The summed E-state index contributed by atoms with van der Waals surface area (Å²) in [6.45, 7) is 3.49. The molecule has 0 aliphatic carbocycles. The number of ether oxygens (including phenoxy) is 1. The van der Waals surface area contributed by atoms with Crippen LogP contribution in [0.1, 0.15) is 50.2 Å². The van der Waals surface area contributed by atoms with Gasteiger partial charge < -0.3 is 21.1 Å². The summed E-state index contributed by atoms with van der Waals surface area (Å²) in [6.07, 6.45) is 0.209. The van der Waals surface area contributed by atoms with Crippen LogP contribution in [0, 0.1) is 11.7 Å². The van der Waals surface area contributed by atoms with Crippen molar-refractivity contribution in [2.75, 3.05) is 46.8 Å². The Hall–Kier alpha value is -3.85. The van der Waals surface area contributed by atoms with Gasteiger partial charge in [-0.1, -0.05) is 80.9 Å². The second kappa shape index (κ2) is 19.7. The molecular weight excluding hydrogens is 702 g/mol. The monoisotopic (exact) mass is 750 g/mol. The molecule has 2 atom stereocenters. The summed E-state index contributed by atoms with van der Waals surface area (Å²) >= 11 is 0. The minimum absolute atomic E-state index is 0.0323. The molecule has 3 aromatic rings. The van der Waals surface area contributed by atoms with Crippen LogP contribution in [0.4, 0.5) is 14.9 Å². The number of alkyl carbamates (subject to hydrolysis) is 1. The van der Waals surface area contributed by atoms with Crippen molar-refractivity contribution < 1.29 is 45.3 Å². The van der Waals surface area contributed by atoms with Crippen molar-refractivity contribution in [2.45, 2.75) is 56.0 Å². The van der Waals surface area contributed by atoms with Gasteiger partial charge in [0.25, 0.3) is 0 Å². The van der Waals surface area contributed by atoms with Crippen molar-refractivity contribution in [3.63, 3.8) is 0 Å². The third kappa shape index (κ3) is 11.8. The fourth-order valence-corrected chi connectivity index (χ4v) is 8.02. The topological polar surface area (TPSA) is 176 Å². The standard InChI is InChI=1S/C35H48FN4O9PS/c1-25(2)23-40(51(44,45)29-19-20-31(37)30(36)22-29)28(24-49-50(43,47-4)48-5)18-12-13-21-38-34(41)33(39-35(42)46-3)32(26-14-8-6-9-15-26)27-16-10-7-11-17-27/h6-11,14-17,19-20,22,25,28,32-33H,12-13,18,21,23-24,37H2,1-5H3,(H,38,41)(H,39,42)/t28-,33-/m0/s1. The molecule has 0 aromatic heterocycles. The third-order valence-electron chi connectivity index (χ3n) is 8.06. The minimum atomic E-state index is -4.29. The summed E-state index contributed by atoms with van der Waals surface area (Å²) in [5.74, 6) is -2.03. The zero-order valence-corrected chi connectivity index (χ0v) is 31.2. The van der Waals surface area contributed by atoms with E-state index < -0.39 is 53.7 Å². The molecule has 0 unspecified atom stereocenters. The van der Waals surface area contributed by atoms with E-state index in [4.69, 9.17) is 24.0 Å². The number of rotatable bonds is 20. The molecule has 0 bridgehead atoms. The van der Waals surface area contributed by atoms with Gasteiger partial charge in [-0.15, -0.1) is 0 Å². The van der Waals surface area contributed by atoms with Crippen LogP contribution in [0.3, 0.4) is 0 Å². The molecule has 16 heteroatoms. The fraction of sp³-hybridized carbons (Fsp3) is 0.429. The summed E-state index contributed by atoms with van der Waals surface area (Å²) in [6, 6.07) is 20.0. The number of nitrogens with zero attached hydrogens (tertiary/aromatic N) is 1. The molecule has 0 saturated heterocycles. The summed E-state index contributed by atoms with van der Waals surface area (Å²) in [4.78, 5) is 25.9. The van der Waals surface area contributed by atoms with Crippen LogP contribution in [-0.2, 0) is 37.7 Å². The lowest BCUT2D eigenvalue weighted by molar-refractivity contribution is -0.123. The molecule has 280 valence electrons. The number of phosphoric ester groups is 1. The van der Waals surface area contributed by atoms with Crippen LogP contribution in [-0.4, -0.2) is 77.8 Å². The molecule has 0 fully saturated rings. The number of nitrogens with one attached hydrogen (secondary N) is 2. The molecule has 2 amide bonds. The number of phosphoric acid groups is 1. The van der Waals surface area contributed by atoms with Gasteiger partial charge in [0.2, 0.25) is 15.9 Å². The molecule has 51 heavy (non-hydrogen) atoms. The lowest BCUT2D eigenvalue weighted by atomic mass is 9.84. The number of carbonyl (C=O) groups is 2. The number of amides is 2. The van der Waals surface area contributed by atoms with Gasteiger partial charge in [0.05, 0.1) is 24.3 Å². The van der Waals surface area contributed by atoms with E-state index in [1.807, 2.05) is 74.5 Å². The molecule has 4 N–H and O–H groups in total. The number of hydrogen-bond donors (Lipinski definition) is 3. The molecule has 0 aliphatic rings. The van der Waals surface area contributed by atoms with Crippen molar-refractivity contribution in [2.24, 2.45) is 5.92 Å². The Morgan fingerprint density at radius 1 is 0.922 bits per heavy atom. The number of nitrogen functional groups attached to an aromatic ring is 1. The van der Waals surface area contributed by atoms with Crippen molar-refractivity contribution in [3.05, 3.63) is 95.8 Å². The predicted molar refractivity (Wildman–Crippen MR) is 192 cm³/mol. The summed E-state index contributed by atoms with van der Waals surface area (Å²) in [7, 11) is -4.78. The largest absolute Gasteiger partial charge is 0.474 e. The van der Waals surface area contributed by atoms with E-state index in [0.717, 1.165) is 31.4 Å². The summed E-state index contributed by atoms with van der Waals surface area (Å²) in [5.41, 5.74) is 7.01. The first-order valence-electron chi connectivity index (χ1n) is 16.4. The van der Waals surface area contributed by atoms with E-state index in [1.54, 1.807) is 0 Å². The molecule has 0 saturated carbocycles. The van der Waals surface area contributed by atoms with Gasteiger partial charge in [-0.05, 0) is 48.1 Å². The van der Waals surface area contributed by atoms with Gasteiger partial charge >= 0.3 is 13.9 Å². The zero-order valence-electron chi connectivity index (χ0n) is 29.5. The summed E-state index contributed by atoms with van der Waals surface area (Å²) < 4.78 is 76.4. The van der Waals surface area contributed by atoms with Crippen LogP contribution >= 0.6 is 7.82 Å². The number of nitrogens with two attached hydrogens (primary N) is 1. The number of methoxy groups -OCH3 is 1. The van der Waals surface area contributed by atoms with Crippen LogP contribution in [0.5, 0.6) is 0 Å². The molecule has 0 radical (unpaired) electrons. The number of sulfonamides is 1. The highest BCUT2D eigenvalue weighted by Gasteiger charge is 2.36. The molecule has 3 aromatic carbocycles. The zero-order chi connectivity index (χ0) is 37.6. The quantitative estimate of drug-likeness (QED) is 0.0740. The van der Waals surface area contributed by atoms with Crippen LogP contribution < -0.4 is 16.4 Å². The second-order valence-electron chi connectivity index (χ2n) is 12.1. The minimum Gasteiger partial charge on any atom is -0.453 e. The number of halogens is 1. The Morgan fingerprint density at radius 2 is 1.51 bits per heavy atom. The van der Waals surface area contributed by atoms with Crippen LogP contribution in [0.2, 0.25) is 0 Å². The Kier molecular flexibility index (Phi) is 16.0. The number of carbonyl (C=O) groups excluding carboxylic acids is 2. The Bertz CT molecular complexity index is 1670. The average molecular weight is 751 g/mol. The lowest BCUT2D eigenvalue weighted by Gasteiger charge is -2.32. The van der Waals surface area contributed by atoms with Crippen LogP contribution in [0.15, 0.2) is 83.8 Å². The van der Waals surface area contributed by atoms with Gasteiger partial charge in [-0.2, -0.15) is 4.31 Å². The molecule has 0 spiro atoms. The molecule has 0 aliphatic heterocycles. The van der Waals surface area contributed by atoms with E-state index in [9.17, 15) is 27.0 Å². The van der Waals surface area contributed by atoms with E-state index in [2.05, 4.69) is 10.6 Å². The normalized spacial score (nSPS) is 13.3. The maximum absolute atomic E-state index is 14.4. The summed E-state index contributed by atoms with van der Waals surface area (Å²) in [5, 5.41) is 5.59. The van der Waals surface area contributed by atoms with Crippen molar-refractivity contribution in [3.8, 4) is 0 Å². The maximum atomic E-state index is 14.4. The first kappa shape index (κ1) is 41.6. The maximum Gasteiger partial charge on any atom is 0.474 e. The highest BCUT2D eigenvalue weighted by atomic mass is 32.2. The highest BCUT2D eigenvalue weighted by Crippen LogP contribution is 2.48. The SMILES string of the molecule is COC(=O)N[C@H](C(=O)NCCCC[C@@H](COP(=O)(OC)OC)N(CC(C)C)S(=O)(=O)c1ccc(N)c(F)c1)C(c1ccccc1)c1ccccc1. The number of hydrogen-bond acceptors (Lipinski definition) is 10. The van der Waals surface area contributed by atoms with E-state index >= 15 is 0 Å². The molecule has 0 heterocycles. The number of unbranched alkanes of at least 4 members (excludes halogenated alkanes) is 1. The van der Waals surface area contributed by atoms with Gasteiger partial charge in [0.1, 0.15) is 11.9 Å². The van der Waals surface area contributed by atoms with Crippen LogP contribution in [0.25, 0.3) is 0 Å². The van der Waals surface area contributed by atoms with Gasteiger partial charge in [-0.25, -0.2) is 22.2 Å². The number of benzene rings is 3. The first-order chi connectivity index (χ1) is 24.3. The first-order valence-corrected chi connectivity index (χ1v) is 19.3. The van der Waals surface area contributed by atoms with Crippen molar-refractivity contribution in [1.82, 2.24) is 14.9 Å². The third-order valence-corrected chi connectivity index (χ3v) is 11.3. The van der Waals surface area contributed by atoms with Crippen molar-refractivity contribution in [1.29, 1.82) is 0 Å². The Labute approximate surface area is 299 Å². The van der Waals surface area contributed by atoms with E-state index in [-0.39, 0.29) is 42.6 Å². The van der Waals surface area contributed by atoms with E-state index in [0.29, 0.717) is 12.8 Å². The van der Waals surface area contributed by atoms with E-state index in [1.165, 1.54) is 23.5 Å². The molecular formula is C35H48FN4O9PS. The highest BCUT2D eigenvalue weighted by molar-refractivity contribution is 7.89. The average Bonchev–Trinajstić information content (AvgIpc) is 3.13. The predicted octanol–water partition coefficient (Wildman–Crippen LogP) is 5.68. The Balaban J connectivity index is 1.82. The van der Waals surface area contributed by atoms with Crippen molar-refractivity contribution >= 4 is 35.5 Å². The Morgan fingerprint density at radius 3 is 2.02 bits per heavy atom. The van der Waals surface area contributed by atoms with Gasteiger partial charge in [0.15, 0.2) is 0 Å². The lowest BCUT2D eigenvalue weighted by Crippen LogP contribution is -2.50. The van der Waals surface area contributed by atoms with Gasteiger partial charge in [0, 0.05) is 39.3 Å². The smallest absolute Gasteiger partial charge is 0.453 e. The van der Waals surface area contributed by atoms with Gasteiger partial charge in [-0.3, -0.25) is 18.4 Å². The molecule has 13 nitrogen and oxygen atoms in total. The fourth-order valence-electron chi connectivity index (χ4n) is 5.49. The molecule has 3 rings (SSSR count). The second-order valence-corrected chi connectivity index (χ2v) is 15.9. The number of anilines is 1.